The molecule has 0 saturated carbocycles. The van der Waals surface area contributed by atoms with Crippen molar-refractivity contribution in [3.63, 3.8) is 0 Å². The van der Waals surface area contributed by atoms with Crippen LogP contribution in [0.4, 0.5) is 14.5 Å². The molecule has 3 nitrogen and oxygen atoms in total. The summed E-state index contributed by atoms with van der Waals surface area (Å²) in [6, 6.07) is 7.51. The number of carbonyl (C=O) groups is 1. The van der Waals surface area contributed by atoms with Crippen LogP contribution in [0.15, 0.2) is 40.9 Å². The molecular formula is C13H8BrF2NO2. The van der Waals surface area contributed by atoms with Crippen LogP contribution in [0.5, 0.6) is 11.5 Å². The molecule has 0 atom stereocenters. The average Bonchev–Trinajstić information content (AvgIpc) is 2.37. The van der Waals surface area contributed by atoms with Crippen LogP contribution in [0.2, 0.25) is 0 Å². The van der Waals surface area contributed by atoms with Crippen LogP contribution in [0.3, 0.4) is 0 Å². The zero-order valence-electron chi connectivity index (χ0n) is 9.49. The summed E-state index contributed by atoms with van der Waals surface area (Å²) in [6.07, 6.45) is 0.445. The predicted molar refractivity (Wildman–Crippen MR) is 70.3 cm³/mol. The van der Waals surface area contributed by atoms with Gasteiger partial charge >= 0.3 is 0 Å². The first kappa shape index (κ1) is 13.5. The second kappa shape index (κ2) is 5.79. The number of hydrogen-bond donors (Lipinski definition) is 1. The molecule has 0 saturated heterocycles. The van der Waals surface area contributed by atoms with E-state index in [1.54, 1.807) is 0 Å². The SMILES string of the molecule is O=CNc1ccc(F)cc1Oc1cc(F)ccc1Br. The Morgan fingerprint density at radius 3 is 2.37 bits per heavy atom. The fourth-order valence-electron chi connectivity index (χ4n) is 1.44. The van der Waals surface area contributed by atoms with E-state index in [2.05, 4.69) is 21.2 Å². The summed E-state index contributed by atoms with van der Waals surface area (Å²) < 4.78 is 32.2. The quantitative estimate of drug-likeness (QED) is 0.859. The largest absolute Gasteiger partial charge is 0.454 e. The Bertz CT molecular complexity index is 620. The smallest absolute Gasteiger partial charge is 0.211 e. The molecule has 0 spiro atoms. The molecule has 2 rings (SSSR count). The molecule has 1 amide bonds. The molecule has 0 bridgehead atoms. The van der Waals surface area contributed by atoms with Crippen molar-refractivity contribution < 1.29 is 18.3 Å². The van der Waals surface area contributed by atoms with E-state index in [9.17, 15) is 13.6 Å². The lowest BCUT2D eigenvalue weighted by Crippen LogP contribution is -1.98. The van der Waals surface area contributed by atoms with E-state index in [0.29, 0.717) is 10.9 Å². The molecular weight excluding hydrogens is 320 g/mol. The van der Waals surface area contributed by atoms with Crippen molar-refractivity contribution in [3.05, 3.63) is 52.5 Å². The van der Waals surface area contributed by atoms with Crippen molar-refractivity contribution in [2.45, 2.75) is 0 Å². The van der Waals surface area contributed by atoms with Crippen LogP contribution in [0, 0.1) is 11.6 Å². The number of halogens is 3. The number of ether oxygens (including phenoxy) is 1. The van der Waals surface area contributed by atoms with Gasteiger partial charge < -0.3 is 10.1 Å². The maximum atomic E-state index is 13.2. The topological polar surface area (TPSA) is 38.3 Å². The second-order valence-electron chi connectivity index (χ2n) is 3.58. The number of rotatable bonds is 4. The maximum absolute atomic E-state index is 13.2. The van der Waals surface area contributed by atoms with E-state index < -0.39 is 11.6 Å². The summed E-state index contributed by atoms with van der Waals surface area (Å²) in [5.74, 6) is -0.753. The minimum atomic E-state index is -0.529. The van der Waals surface area contributed by atoms with E-state index in [4.69, 9.17) is 4.74 Å². The summed E-state index contributed by atoms with van der Waals surface area (Å²) >= 11 is 3.19. The average molecular weight is 328 g/mol. The first-order chi connectivity index (χ1) is 9.10. The first-order valence-electron chi connectivity index (χ1n) is 5.23. The standard InChI is InChI=1S/C13H8BrF2NO2/c14-10-3-1-8(15)5-12(10)19-13-6-9(16)2-4-11(13)17-7-18/h1-7H,(H,17,18). The lowest BCUT2D eigenvalue weighted by atomic mass is 10.2. The van der Waals surface area contributed by atoms with Crippen LogP contribution < -0.4 is 10.1 Å². The number of hydrogen-bond acceptors (Lipinski definition) is 2. The van der Waals surface area contributed by atoms with Gasteiger partial charge in [-0.2, -0.15) is 0 Å². The van der Waals surface area contributed by atoms with Gasteiger partial charge in [0.15, 0.2) is 5.75 Å². The Morgan fingerprint density at radius 2 is 1.68 bits per heavy atom. The van der Waals surface area contributed by atoms with E-state index in [-0.39, 0.29) is 17.2 Å². The van der Waals surface area contributed by atoms with Gasteiger partial charge in [-0.1, -0.05) is 0 Å². The molecule has 0 aromatic heterocycles. The molecule has 0 radical (unpaired) electrons. The highest BCUT2D eigenvalue weighted by molar-refractivity contribution is 9.10. The lowest BCUT2D eigenvalue weighted by molar-refractivity contribution is -0.105. The Balaban J connectivity index is 2.39. The summed E-state index contributed by atoms with van der Waals surface area (Å²) in [5, 5.41) is 2.38. The van der Waals surface area contributed by atoms with Crippen LogP contribution in [0.25, 0.3) is 0 Å². The van der Waals surface area contributed by atoms with Gasteiger partial charge in [-0.25, -0.2) is 8.78 Å². The van der Waals surface area contributed by atoms with Gasteiger partial charge in [0.25, 0.3) is 0 Å². The highest BCUT2D eigenvalue weighted by Crippen LogP contribution is 2.34. The van der Waals surface area contributed by atoms with Gasteiger partial charge in [0.1, 0.15) is 17.4 Å². The summed E-state index contributed by atoms with van der Waals surface area (Å²) in [7, 11) is 0. The van der Waals surface area contributed by atoms with Gasteiger partial charge in [0, 0.05) is 12.1 Å². The van der Waals surface area contributed by atoms with Gasteiger partial charge in [0.2, 0.25) is 6.41 Å². The first-order valence-corrected chi connectivity index (χ1v) is 6.02. The molecule has 6 heteroatoms. The summed E-state index contributed by atoms with van der Waals surface area (Å²) in [6.45, 7) is 0. The molecule has 2 aromatic rings. The van der Waals surface area contributed by atoms with Gasteiger partial charge in [0.05, 0.1) is 10.2 Å². The van der Waals surface area contributed by atoms with Crippen LogP contribution in [-0.2, 0) is 4.79 Å². The van der Waals surface area contributed by atoms with E-state index in [1.165, 1.54) is 24.3 Å². The van der Waals surface area contributed by atoms with Gasteiger partial charge in [-0.05, 0) is 40.2 Å². The third kappa shape index (κ3) is 3.29. The van der Waals surface area contributed by atoms with Crippen molar-refractivity contribution >= 4 is 28.0 Å². The number of nitrogens with one attached hydrogen (secondary N) is 1. The zero-order chi connectivity index (χ0) is 13.8. The third-order valence-electron chi connectivity index (χ3n) is 2.27. The van der Waals surface area contributed by atoms with Crippen molar-refractivity contribution in [3.8, 4) is 11.5 Å². The monoisotopic (exact) mass is 327 g/mol. The third-order valence-corrected chi connectivity index (χ3v) is 2.93. The van der Waals surface area contributed by atoms with Gasteiger partial charge in [-0.15, -0.1) is 0 Å². The Hall–Kier alpha value is -1.95. The van der Waals surface area contributed by atoms with E-state index in [1.807, 2.05) is 0 Å². The van der Waals surface area contributed by atoms with Crippen LogP contribution in [0.1, 0.15) is 0 Å². The fraction of sp³-hybridized carbons (Fsp3) is 0. The minimum absolute atomic E-state index is 0.0819. The molecule has 0 aliphatic rings. The number of benzene rings is 2. The Kier molecular flexibility index (Phi) is 4.11. The Labute approximate surface area is 116 Å². The Morgan fingerprint density at radius 1 is 1.05 bits per heavy atom. The molecule has 2 aromatic carbocycles. The molecule has 0 fully saturated rings. The number of amides is 1. The highest BCUT2D eigenvalue weighted by Gasteiger charge is 2.09. The maximum Gasteiger partial charge on any atom is 0.211 e. The van der Waals surface area contributed by atoms with Crippen molar-refractivity contribution in [2.24, 2.45) is 0 Å². The number of anilines is 1. The normalized spacial score (nSPS) is 10.1. The molecule has 0 heterocycles. The highest BCUT2D eigenvalue weighted by atomic mass is 79.9. The van der Waals surface area contributed by atoms with Crippen molar-refractivity contribution in [1.82, 2.24) is 0 Å². The molecule has 98 valence electrons. The van der Waals surface area contributed by atoms with Crippen LogP contribution in [-0.4, -0.2) is 6.41 Å². The van der Waals surface area contributed by atoms with Crippen molar-refractivity contribution in [2.75, 3.05) is 5.32 Å². The number of carbonyl (C=O) groups excluding carboxylic acids is 1. The summed E-state index contributed by atoms with van der Waals surface area (Å²) in [4.78, 5) is 10.5. The van der Waals surface area contributed by atoms with E-state index in [0.717, 1.165) is 12.1 Å². The molecule has 1 N–H and O–H groups in total. The van der Waals surface area contributed by atoms with Crippen LogP contribution >= 0.6 is 15.9 Å². The predicted octanol–water partition coefficient (Wildman–Crippen LogP) is 4.09. The van der Waals surface area contributed by atoms with Crippen molar-refractivity contribution in [1.29, 1.82) is 0 Å². The van der Waals surface area contributed by atoms with Gasteiger partial charge in [-0.3, -0.25) is 4.79 Å². The molecule has 0 aliphatic carbocycles. The summed E-state index contributed by atoms with van der Waals surface area (Å²) in [5.41, 5.74) is 0.285. The second-order valence-corrected chi connectivity index (χ2v) is 4.43. The van der Waals surface area contributed by atoms with E-state index >= 15 is 0 Å². The fourth-order valence-corrected chi connectivity index (χ4v) is 1.76. The molecule has 0 aliphatic heterocycles. The lowest BCUT2D eigenvalue weighted by Gasteiger charge is -2.11. The molecule has 0 unspecified atom stereocenters. The molecule has 19 heavy (non-hydrogen) atoms. The zero-order valence-corrected chi connectivity index (χ0v) is 11.1. The minimum Gasteiger partial charge on any atom is -0.454 e.